The normalized spacial score (nSPS) is 10.6. The quantitative estimate of drug-likeness (QED) is 0.815. The van der Waals surface area contributed by atoms with Crippen molar-refractivity contribution >= 4 is 0 Å². The third-order valence-corrected chi connectivity index (χ3v) is 2.36. The molecule has 0 radical (unpaired) electrons. The topological polar surface area (TPSA) is 79.4 Å². The van der Waals surface area contributed by atoms with E-state index in [-0.39, 0.29) is 12.4 Å². The van der Waals surface area contributed by atoms with Gasteiger partial charge in [0.25, 0.3) is 0 Å². The molecule has 0 aliphatic heterocycles. The second kappa shape index (κ2) is 5.45. The molecule has 0 saturated carbocycles. The van der Waals surface area contributed by atoms with E-state index in [1.165, 1.54) is 0 Å². The number of aromatic hydroxyl groups is 1. The molecule has 0 spiro atoms. The van der Waals surface area contributed by atoms with Gasteiger partial charge >= 0.3 is 0 Å². The molecule has 1 heterocycles. The molecule has 2 aromatic rings. The van der Waals surface area contributed by atoms with E-state index in [1.54, 1.807) is 12.1 Å². The number of nitrogens with zero attached hydrogens (tertiary/aromatic N) is 2. The Balaban J connectivity index is 1.98. The van der Waals surface area contributed by atoms with Gasteiger partial charge in [0, 0.05) is 19.4 Å². The Bertz CT molecular complexity index is 465. The molecule has 1 aromatic heterocycles. The Morgan fingerprint density at radius 1 is 1.18 bits per heavy atom. The van der Waals surface area contributed by atoms with Gasteiger partial charge in [-0.2, -0.15) is 4.98 Å². The third kappa shape index (κ3) is 3.29. The molecule has 0 bridgehead atoms. The van der Waals surface area contributed by atoms with Crippen LogP contribution in [-0.2, 0) is 12.8 Å². The first kappa shape index (κ1) is 11.6. The molecule has 0 atom stereocenters. The fourth-order valence-electron chi connectivity index (χ4n) is 1.49. The van der Waals surface area contributed by atoms with Crippen LogP contribution in [0.15, 0.2) is 28.8 Å². The zero-order valence-electron chi connectivity index (χ0n) is 9.33. The summed E-state index contributed by atoms with van der Waals surface area (Å²) in [5.74, 6) is 1.40. The molecule has 0 amide bonds. The lowest BCUT2D eigenvalue weighted by atomic mass is 10.1. The minimum absolute atomic E-state index is 0.121. The summed E-state index contributed by atoms with van der Waals surface area (Å²) < 4.78 is 5.04. The van der Waals surface area contributed by atoms with Crippen LogP contribution in [-0.4, -0.2) is 27.0 Å². The monoisotopic (exact) mass is 234 g/mol. The number of rotatable bonds is 5. The number of hydrogen-bond donors (Lipinski definition) is 2. The fraction of sp³-hybridized carbons (Fsp3) is 0.333. The van der Waals surface area contributed by atoms with Crippen molar-refractivity contribution in [1.29, 1.82) is 0 Å². The number of aromatic nitrogens is 2. The number of phenolic OH excluding ortho intramolecular Hbond substituents is 1. The second-order valence-electron chi connectivity index (χ2n) is 3.77. The predicted molar refractivity (Wildman–Crippen MR) is 60.6 cm³/mol. The van der Waals surface area contributed by atoms with Crippen molar-refractivity contribution in [3.63, 3.8) is 0 Å². The Hall–Kier alpha value is -1.88. The molecule has 0 aliphatic rings. The largest absolute Gasteiger partial charge is 0.508 e. The predicted octanol–water partition coefficient (Wildman–Crippen LogP) is 1.29. The van der Waals surface area contributed by atoms with Crippen molar-refractivity contribution in [2.75, 3.05) is 6.61 Å². The van der Waals surface area contributed by atoms with E-state index in [0.717, 1.165) is 5.56 Å². The van der Waals surface area contributed by atoms with E-state index in [1.807, 2.05) is 12.1 Å². The smallest absolute Gasteiger partial charge is 0.226 e. The summed E-state index contributed by atoms with van der Waals surface area (Å²) in [7, 11) is 0. The van der Waals surface area contributed by atoms with E-state index in [2.05, 4.69) is 10.1 Å². The Labute approximate surface area is 98.7 Å². The summed E-state index contributed by atoms with van der Waals surface area (Å²) in [6, 6.07) is 6.89. The summed E-state index contributed by atoms with van der Waals surface area (Å²) in [4.78, 5) is 4.21. The maximum atomic E-state index is 9.15. The van der Waals surface area contributed by atoms with E-state index in [9.17, 15) is 0 Å². The van der Waals surface area contributed by atoms with Gasteiger partial charge in [-0.15, -0.1) is 0 Å². The number of aliphatic hydroxyl groups excluding tert-OH is 1. The van der Waals surface area contributed by atoms with Crippen LogP contribution in [0.2, 0.25) is 0 Å². The van der Waals surface area contributed by atoms with Gasteiger partial charge in [0.2, 0.25) is 5.89 Å². The van der Waals surface area contributed by atoms with Crippen LogP contribution in [0.1, 0.15) is 23.7 Å². The van der Waals surface area contributed by atoms with Crippen LogP contribution >= 0.6 is 0 Å². The van der Waals surface area contributed by atoms with Crippen LogP contribution < -0.4 is 0 Å². The molecule has 5 heteroatoms. The van der Waals surface area contributed by atoms with Crippen molar-refractivity contribution < 1.29 is 14.7 Å². The standard InChI is InChI=1S/C12H14N2O3/c15-7-1-2-12-13-11(14-17-12)8-9-3-5-10(16)6-4-9/h3-6,15-16H,1-2,7-8H2. The van der Waals surface area contributed by atoms with Gasteiger partial charge in [-0.25, -0.2) is 0 Å². The van der Waals surface area contributed by atoms with Crippen LogP contribution in [0.4, 0.5) is 0 Å². The summed E-state index contributed by atoms with van der Waals surface area (Å²) in [5.41, 5.74) is 1.01. The maximum Gasteiger partial charge on any atom is 0.226 e. The number of aliphatic hydroxyl groups is 1. The van der Waals surface area contributed by atoms with Crippen molar-refractivity contribution in [2.24, 2.45) is 0 Å². The zero-order chi connectivity index (χ0) is 12.1. The van der Waals surface area contributed by atoms with Crippen LogP contribution in [0.5, 0.6) is 5.75 Å². The number of aryl methyl sites for hydroxylation is 1. The number of phenols is 1. The highest BCUT2D eigenvalue weighted by molar-refractivity contribution is 5.27. The summed E-state index contributed by atoms with van der Waals surface area (Å²) in [6.07, 6.45) is 1.79. The van der Waals surface area contributed by atoms with Crippen molar-refractivity contribution in [3.05, 3.63) is 41.5 Å². The highest BCUT2D eigenvalue weighted by Gasteiger charge is 2.06. The number of benzene rings is 1. The van der Waals surface area contributed by atoms with Gasteiger partial charge in [-0.05, 0) is 24.1 Å². The van der Waals surface area contributed by atoms with E-state index in [0.29, 0.717) is 31.0 Å². The lowest BCUT2D eigenvalue weighted by molar-refractivity contribution is 0.278. The maximum absolute atomic E-state index is 9.15. The van der Waals surface area contributed by atoms with Crippen LogP contribution in [0.25, 0.3) is 0 Å². The second-order valence-corrected chi connectivity index (χ2v) is 3.77. The van der Waals surface area contributed by atoms with Crippen molar-refractivity contribution in [2.45, 2.75) is 19.3 Å². The highest BCUT2D eigenvalue weighted by atomic mass is 16.5. The SMILES string of the molecule is OCCCc1nc(Cc2ccc(O)cc2)no1. The molecular formula is C12H14N2O3. The Morgan fingerprint density at radius 3 is 2.65 bits per heavy atom. The van der Waals surface area contributed by atoms with E-state index >= 15 is 0 Å². The summed E-state index contributed by atoms with van der Waals surface area (Å²) in [5, 5.41) is 21.7. The molecule has 0 aliphatic carbocycles. The lowest BCUT2D eigenvalue weighted by Gasteiger charge is -1.96. The molecule has 0 unspecified atom stereocenters. The number of hydrogen-bond acceptors (Lipinski definition) is 5. The van der Waals surface area contributed by atoms with Gasteiger partial charge < -0.3 is 14.7 Å². The average molecular weight is 234 g/mol. The molecule has 2 N–H and O–H groups in total. The molecule has 2 rings (SSSR count). The van der Waals surface area contributed by atoms with E-state index < -0.39 is 0 Å². The summed E-state index contributed by atoms with van der Waals surface area (Å²) in [6.45, 7) is 0.121. The van der Waals surface area contributed by atoms with E-state index in [4.69, 9.17) is 14.7 Å². The van der Waals surface area contributed by atoms with Crippen molar-refractivity contribution in [3.8, 4) is 5.75 Å². The minimum atomic E-state index is 0.121. The molecule has 0 saturated heterocycles. The van der Waals surface area contributed by atoms with Crippen LogP contribution in [0, 0.1) is 0 Å². The summed E-state index contributed by atoms with van der Waals surface area (Å²) >= 11 is 0. The minimum Gasteiger partial charge on any atom is -0.508 e. The van der Waals surface area contributed by atoms with Gasteiger partial charge in [0.15, 0.2) is 5.82 Å². The molecular weight excluding hydrogens is 220 g/mol. The Morgan fingerprint density at radius 2 is 1.94 bits per heavy atom. The molecule has 0 fully saturated rings. The first-order valence-corrected chi connectivity index (χ1v) is 5.48. The van der Waals surface area contributed by atoms with Gasteiger partial charge in [0.05, 0.1) is 0 Å². The Kier molecular flexibility index (Phi) is 3.72. The zero-order valence-corrected chi connectivity index (χ0v) is 9.33. The van der Waals surface area contributed by atoms with Gasteiger partial charge in [0.1, 0.15) is 5.75 Å². The first-order chi connectivity index (χ1) is 8.28. The van der Waals surface area contributed by atoms with Crippen LogP contribution in [0.3, 0.4) is 0 Å². The third-order valence-electron chi connectivity index (χ3n) is 2.36. The van der Waals surface area contributed by atoms with Crippen molar-refractivity contribution in [1.82, 2.24) is 10.1 Å². The molecule has 1 aromatic carbocycles. The highest BCUT2D eigenvalue weighted by Crippen LogP contribution is 2.12. The molecule has 90 valence electrons. The lowest BCUT2D eigenvalue weighted by Crippen LogP contribution is -1.92. The van der Waals surface area contributed by atoms with Gasteiger partial charge in [-0.1, -0.05) is 17.3 Å². The molecule has 5 nitrogen and oxygen atoms in total. The van der Waals surface area contributed by atoms with Gasteiger partial charge in [-0.3, -0.25) is 0 Å². The first-order valence-electron chi connectivity index (χ1n) is 5.48. The molecule has 17 heavy (non-hydrogen) atoms. The average Bonchev–Trinajstić information content (AvgIpc) is 2.77. The fourth-order valence-corrected chi connectivity index (χ4v) is 1.49.